The number of nitrogens with zero attached hydrogens (tertiary/aromatic N) is 2. The summed E-state index contributed by atoms with van der Waals surface area (Å²) < 4.78 is 40.8. The van der Waals surface area contributed by atoms with Crippen LogP contribution in [0.3, 0.4) is 0 Å². The summed E-state index contributed by atoms with van der Waals surface area (Å²) in [4.78, 5) is 24.6. The van der Waals surface area contributed by atoms with Crippen LogP contribution < -0.4 is 11.1 Å². The summed E-state index contributed by atoms with van der Waals surface area (Å²) in [5.41, 5.74) is -1.29. The predicted molar refractivity (Wildman–Crippen MR) is 96.1 cm³/mol. The molecule has 8 heteroatoms. The maximum atomic E-state index is 12.8. The third-order valence-electron chi connectivity index (χ3n) is 4.00. The average Bonchev–Trinajstić information content (AvgIpc) is 2.63. The Hall–Kier alpha value is -2.80. The summed E-state index contributed by atoms with van der Waals surface area (Å²) in [6.45, 7) is 0.0649. The molecule has 27 heavy (non-hydrogen) atoms. The van der Waals surface area contributed by atoms with Crippen molar-refractivity contribution in [2.45, 2.75) is 19.3 Å². The first-order valence-corrected chi connectivity index (χ1v) is 8.32. The molecule has 0 radical (unpaired) electrons. The van der Waals surface area contributed by atoms with Gasteiger partial charge in [-0.05, 0) is 35.4 Å². The van der Waals surface area contributed by atoms with Crippen LogP contribution in [-0.2, 0) is 19.3 Å². The van der Waals surface area contributed by atoms with Gasteiger partial charge >= 0.3 is 17.3 Å². The van der Waals surface area contributed by atoms with Crippen molar-refractivity contribution in [1.82, 2.24) is 9.13 Å². The molecule has 0 aliphatic carbocycles. The third kappa shape index (κ3) is 4.49. The summed E-state index contributed by atoms with van der Waals surface area (Å²) in [7, 11) is 0. The Kier molecular flexibility index (Phi) is 5.23. The summed E-state index contributed by atoms with van der Waals surface area (Å²) in [6.07, 6.45) is -1.64. The van der Waals surface area contributed by atoms with Crippen LogP contribution in [0.1, 0.15) is 16.7 Å². The molecule has 140 valence electrons. The first-order chi connectivity index (χ1) is 12.7. The van der Waals surface area contributed by atoms with Crippen LogP contribution >= 0.6 is 11.6 Å². The topological polar surface area (TPSA) is 44.0 Å². The Balaban J connectivity index is 1.86. The number of alkyl halides is 3. The van der Waals surface area contributed by atoms with Gasteiger partial charge in [-0.2, -0.15) is 13.2 Å². The molecule has 0 unspecified atom stereocenters. The molecule has 4 nitrogen and oxygen atoms in total. The van der Waals surface area contributed by atoms with Crippen LogP contribution in [0.2, 0.25) is 5.02 Å². The van der Waals surface area contributed by atoms with E-state index >= 15 is 0 Å². The Bertz CT molecular complexity index is 1070. The summed E-state index contributed by atoms with van der Waals surface area (Å²) in [6, 6.07) is 11.5. The molecule has 1 heterocycles. The lowest BCUT2D eigenvalue weighted by Crippen LogP contribution is -2.40. The van der Waals surface area contributed by atoms with Crippen molar-refractivity contribution in [2.75, 3.05) is 0 Å². The number of hydrogen-bond acceptors (Lipinski definition) is 2. The van der Waals surface area contributed by atoms with Crippen LogP contribution in [-0.4, -0.2) is 9.13 Å². The fraction of sp³-hybridized carbons (Fsp3) is 0.158. The molecule has 0 spiro atoms. The molecule has 0 atom stereocenters. The molecule has 0 N–H and O–H groups in total. The van der Waals surface area contributed by atoms with Gasteiger partial charge in [0, 0.05) is 17.4 Å². The number of aromatic nitrogens is 2. The molecular weight excluding hydrogens is 381 g/mol. The van der Waals surface area contributed by atoms with Crippen LogP contribution in [0.4, 0.5) is 13.2 Å². The fourth-order valence-corrected chi connectivity index (χ4v) is 2.75. The highest BCUT2D eigenvalue weighted by atomic mass is 35.5. The van der Waals surface area contributed by atoms with Gasteiger partial charge in [0.05, 0.1) is 18.7 Å². The first-order valence-electron chi connectivity index (χ1n) is 7.94. The van der Waals surface area contributed by atoms with E-state index < -0.39 is 22.9 Å². The zero-order chi connectivity index (χ0) is 19.6. The number of rotatable bonds is 4. The van der Waals surface area contributed by atoms with E-state index in [1.165, 1.54) is 29.1 Å². The molecule has 0 bridgehead atoms. The maximum Gasteiger partial charge on any atom is 0.416 e. The van der Waals surface area contributed by atoms with E-state index in [2.05, 4.69) is 0 Å². The van der Waals surface area contributed by atoms with E-state index in [1.807, 2.05) is 0 Å². The lowest BCUT2D eigenvalue weighted by molar-refractivity contribution is -0.137. The quantitative estimate of drug-likeness (QED) is 0.632. The van der Waals surface area contributed by atoms with Gasteiger partial charge in [-0.1, -0.05) is 35.9 Å². The molecule has 0 saturated heterocycles. The molecule has 0 amide bonds. The Labute approximate surface area is 157 Å². The number of halogens is 4. The van der Waals surface area contributed by atoms with Gasteiger partial charge in [0.2, 0.25) is 0 Å². The second-order valence-electron chi connectivity index (χ2n) is 5.99. The van der Waals surface area contributed by atoms with E-state index in [0.717, 1.165) is 22.3 Å². The highest BCUT2D eigenvalue weighted by molar-refractivity contribution is 6.30. The average molecular weight is 395 g/mol. The van der Waals surface area contributed by atoms with Crippen molar-refractivity contribution in [3.63, 3.8) is 0 Å². The Morgan fingerprint density at radius 3 is 1.93 bits per heavy atom. The van der Waals surface area contributed by atoms with Crippen LogP contribution in [0, 0.1) is 0 Å². The number of benzene rings is 2. The maximum absolute atomic E-state index is 12.8. The highest BCUT2D eigenvalue weighted by Gasteiger charge is 2.30. The second-order valence-corrected chi connectivity index (χ2v) is 6.43. The van der Waals surface area contributed by atoms with Crippen LogP contribution in [0.5, 0.6) is 0 Å². The smallest absolute Gasteiger partial charge is 0.305 e. The monoisotopic (exact) mass is 394 g/mol. The highest BCUT2D eigenvalue weighted by Crippen LogP contribution is 2.29. The molecule has 3 aromatic rings. The third-order valence-corrected chi connectivity index (χ3v) is 4.26. The minimum absolute atomic E-state index is 0.125. The molecule has 0 aliphatic rings. The summed E-state index contributed by atoms with van der Waals surface area (Å²) in [5.74, 6) is 0. The van der Waals surface area contributed by atoms with E-state index in [4.69, 9.17) is 11.6 Å². The first kappa shape index (κ1) is 19.0. The van der Waals surface area contributed by atoms with E-state index in [-0.39, 0.29) is 18.7 Å². The molecule has 0 aliphatic heterocycles. The molecule has 3 rings (SSSR count). The summed E-state index contributed by atoms with van der Waals surface area (Å²) >= 11 is 5.82. The van der Waals surface area contributed by atoms with E-state index in [1.54, 1.807) is 24.3 Å². The number of hydrogen-bond donors (Lipinski definition) is 0. The van der Waals surface area contributed by atoms with Crippen LogP contribution in [0.25, 0.3) is 0 Å². The zero-order valence-corrected chi connectivity index (χ0v) is 14.7. The second kappa shape index (κ2) is 7.44. The van der Waals surface area contributed by atoms with Gasteiger partial charge in [-0.3, -0.25) is 9.59 Å². The van der Waals surface area contributed by atoms with Gasteiger partial charge in [0.25, 0.3) is 0 Å². The predicted octanol–water partition coefficient (Wildman–Crippen LogP) is 3.78. The van der Waals surface area contributed by atoms with E-state index in [0.29, 0.717) is 5.02 Å². The van der Waals surface area contributed by atoms with Gasteiger partial charge in [-0.15, -0.1) is 0 Å². The minimum Gasteiger partial charge on any atom is -0.305 e. The van der Waals surface area contributed by atoms with Gasteiger partial charge in [0.1, 0.15) is 0 Å². The van der Waals surface area contributed by atoms with E-state index in [9.17, 15) is 22.8 Å². The minimum atomic E-state index is -4.47. The van der Waals surface area contributed by atoms with Gasteiger partial charge in [-0.25, -0.2) is 0 Å². The molecule has 0 fully saturated rings. The van der Waals surface area contributed by atoms with Crippen molar-refractivity contribution < 1.29 is 13.2 Å². The lowest BCUT2D eigenvalue weighted by atomic mass is 10.1. The van der Waals surface area contributed by atoms with Crippen LogP contribution in [0.15, 0.2) is 70.5 Å². The van der Waals surface area contributed by atoms with Crippen molar-refractivity contribution >= 4 is 11.6 Å². The summed E-state index contributed by atoms with van der Waals surface area (Å²) in [5, 5.41) is 0.558. The standard InChI is InChI=1S/C19H14ClF3N2O2/c20-16-6-4-13(5-7-16)11-24-8-9-25(18(27)17(24)26)12-14-2-1-3-15(10-14)19(21,22)23/h1-10H,11-12H2. The lowest BCUT2D eigenvalue weighted by Gasteiger charge is -2.11. The van der Waals surface area contributed by atoms with Crippen molar-refractivity contribution in [3.8, 4) is 0 Å². The molecule has 0 saturated carbocycles. The molecular formula is C19H14ClF3N2O2. The Morgan fingerprint density at radius 2 is 1.37 bits per heavy atom. The van der Waals surface area contributed by atoms with Gasteiger partial charge in [0.15, 0.2) is 0 Å². The SMILES string of the molecule is O=c1c(=O)n(Cc2cccc(C(F)(F)F)c2)ccn1Cc1ccc(Cl)cc1. The molecule has 1 aromatic heterocycles. The van der Waals surface area contributed by atoms with Crippen molar-refractivity contribution in [1.29, 1.82) is 0 Å². The van der Waals surface area contributed by atoms with Crippen molar-refractivity contribution in [2.24, 2.45) is 0 Å². The van der Waals surface area contributed by atoms with Gasteiger partial charge < -0.3 is 9.13 Å². The molecule has 2 aromatic carbocycles. The largest absolute Gasteiger partial charge is 0.416 e. The van der Waals surface area contributed by atoms with Crippen molar-refractivity contribution in [3.05, 3.63) is 103 Å². The zero-order valence-electron chi connectivity index (χ0n) is 13.9. The fourth-order valence-electron chi connectivity index (χ4n) is 2.62. The Morgan fingerprint density at radius 1 is 0.815 bits per heavy atom. The normalized spacial score (nSPS) is 11.6.